The summed E-state index contributed by atoms with van der Waals surface area (Å²) in [7, 11) is 0. The fourth-order valence-electron chi connectivity index (χ4n) is 3.59. The van der Waals surface area contributed by atoms with Gasteiger partial charge < -0.3 is 14.6 Å². The maximum Gasteiger partial charge on any atom is 0.419 e. The molecule has 0 atom stereocenters. The molecular weight excluding hydrogens is 372 g/mol. The topological polar surface area (TPSA) is 87.8 Å². The monoisotopic (exact) mass is 402 g/mol. The van der Waals surface area contributed by atoms with Gasteiger partial charge in [0.05, 0.1) is 12.1 Å². The number of nitrogens with one attached hydrogen (secondary N) is 1. The summed E-state index contributed by atoms with van der Waals surface area (Å²) >= 11 is 0. The Hall–Kier alpha value is -2.61. The van der Waals surface area contributed by atoms with E-state index in [4.69, 9.17) is 4.42 Å². The van der Waals surface area contributed by atoms with E-state index in [-0.39, 0.29) is 23.1 Å². The number of para-hydroxylation sites is 2. The Labute approximate surface area is 170 Å². The Balaban J connectivity index is 1.42. The third kappa shape index (κ3) is 5.69. The highest BCUT2D eigenvalue weighted by Crippen LogP contribution is 2.13. The molecule has 0 spiro atoms. The predicted molar refractivity (Wildman–Crippen MR) is 111 cm³/mol. The highest BCUT2D eigenvalue weighted by Gasteiger charge is 2.23. The Kier molecular flexibility index (Phi) is 6.42. The van der Waals surface area contributed by atoms with Crippen molar-refractivity contribution in [3.63, 3.8) is 0 Å². The number of nitrogens with zero attached hydrogens (tertiary/aromatic N) is 3. The Bertz CT molecular complexity index is 917. The van der Waals surface area contributed by atoms with Crippen molar-refractivity contribution < 1.29 is 14.0 Å². The molecule has 0 aliphatic carbocycles. The van der Waals surface area contributed by atoms with Gasteiger partial charge in [0.1, 0.15) is 0 Å². The van der Waals surface area contributed by atoms with Crippen molar-refractivity contribution in [2.75, 3.05) is 32.7 Å². The van der Waals surface area contributed by atoms with Crippen LogP contribution in [0.5, 0.6) is 0 Å². The van der Waals surface area contributed by atoms with Gasteiger partial charge in [0.15, 0.2) is 5.58 Å². The zero-order chi connectivity index (χ0) is 21.0. The first-order valence-electron chi connectivity index (χ1n) is 10.1. The van der Waals surface area contributed by atoms with Gasteiger partial charge in [-0.3, -0.25) is 19.1 Å². The van der Waals surface area contributed by atoms with Gasteiger partial charge in [0, 0.05) is 44.7 Å². The molecule has 8 heteroatoms. The van der Waals surface area contributed by atoms with Crippen LogP contribution in [0.15, 0.2) is 33.5 Å². The number of aromatic nitrogens is 1. The second kappa shape index (κ2) is 8.82. The second-order valence-electron chi connectivity index (χ2n) is 8.55. The molecular formula is C21H30N4O4. The number of rotatable bonds is 6. The highest BCUT2D eigenvalue weighted by molar-refractivity contribution is 5.79. The third-order valence-electron chi connectivity index (χ3n) is 4.95. The van der Waals surface area contributed by atoms with Crippen molar-refractivity contribution in [2.24, 2.45) is 0 Å². The van der Waals surface area contributed by atoms with Crippen LogP contribution in [-0.2, 0) is 16.1 Å². The molecule has 2 amide bonds. The molecule has 1 N–H and O–H groups in total. The minimum absolute atomic E-state index is 0.00931. The van der Waals surface area contributed by atoms with Crippen LogP contribution in [0, 0.1) is 0 Å². The SMILES string of the molecule is CC(C)(C)NC(=O)CN1CCN(C(=O)CCCn2c(=O)oc3ccccc32)CC1. The zero-order valence-electron chi connectivity index (χ0n) is 17.4. The molecule has 8 nitrogen and oxygen atoms in total. The van der Waals surface area contributed by atoms with Crippen LogP contribution in [0.4, 0.5) is 0 Å². The lowest BCUT2D eigenvalue weighted by molar-refractivity contribution is -0.133. The van der Waals surface area contributed by atoms with Gasteiger partial charge in [0.25, 0.3) is 0 Å². The number of aryl methyl sites for hydroxylation is 1. The fraction of sp³-hybridized carbons (Fsp3) is 0.571. The summed E-state index contributed by atoms with van der Waals surface area (Å²) in [6.07, 6.45) is 0.965. The summed E-state index contributed by atoms with van der Waals surface area (Å²) in [5.41, 5.74) is 1.08. The van der Waals surface area contributed by atoms with Gasteiger partial charge in [-0.1, -0.05) is 12.1 Å². The number of hydrogen-bond acceptors (Lipinski definition) is 5. The predicted octanol–water partition coefficient (Wildman–Crippen LogP) is 1.43. The Morgan fingerprint density at radius 3 is 2.48 bits per heavy atom. The highest BCUT2D eigenvalue weighted by atomic mass is 16.4. The molecule has 1 aromatic carbocycles. The van der Waals surface area contributed by atoms with Crippen molar-refractivity contribution in [3.8, 4) is 0 Å². The van der Waals surface area contributed by atoms with Crippen molar-refractivity contribution >= 4 is 22.9 Å². The van der Waals surface area contributed by atoms with E-state index in [1.165, 1.54) is 0 Å². The number of piperazine rings is 1. The van der Waals surface area contributed by atoms with Crippen LogP contribution in [0.2, 0.25) is 0 Å². The normalized spacial score (nSPS) is 15.6. The van der Waals surface area contributed by atoms with Crippen LogP contribution in [0.3, 0.4) is 0 Å². The molecule has 0 saturated carbocycles. The van der Waals surface area contributed by atoms with E-state index in [1.807, 2.05) is 43.9 Å². The maximum atomic E-state index is 12.5. The van der Waals surface area contributed by atoms with E-state index in [1.54, 1.807) is 10.6 Å². The smallest absolute Gasteiger partial charge is 0.408 e. The zero-order valence-corrected chi connectivity index (χ0v) is 17.4. The second-order valence-corrected chi connectivity index (χ2v) is 8.55. The van der Waals surface area contributed by atoms with Gasteiger partial charge >= 0.3 is 5.76 Å². The molecule has 158 valence electrons. The van der Waals surface area contributed by atoms with Gasteiger partial charge in [0.2, 0.25) is 11.8 Å². The summed E-state index contributed by atoms with van der Waals surface area (Å²) in [6.45, 7) is 9.31. The van der Waals surface area contributed by atoms with Crippen LogP contribution in [0.25, 0.3) is 11.1 Å². The summed E-state index contributed by atoms with van der Waals surface area (Å²) in [4.78, 5) is 40.5. The van der Waals surface area contributed by atoms with Crippen molar-refractivity contribution in [1.82, 2.24) is 19.7 Å². The number of carbonyl (C=O) groups excluding carboxylic acids is 2. The number of amides is 2. The molecule has 1 aromatic heterocycles. The van der Waals surface area contributed by atoms with Gasteiger partial charge in [-0.05, 0) is 39.3 Å². The molecule has 1 saturated heterocycles. The maximum absolute atomic E-state index is 12.5. The van der Waals surface area contributed by atoms with Crippen molar-refractivity contribution in [1.29, 1.82) is 0 Å². The molecule has 0 bridgehead atoms. The molecule has 1 fully saturated rings. The van der Waals surface area contributed by atoms with E-state index in [9.17, 15) is 14.4 Å². The number of fused-ring (bicyclic) bond motifs is 1. The molecule has 0 unspecified atom stereocenters. The lowest BCUT2D eigenvalue weighted by Crippen LogP contribution is -2.52. The van der Waals surface area contributed by atoms with Crippen LogP contribution >= 0.6 is 0 Å². The number of carbonyl (C=O) groups is 2. The first kappa shape index (κ1) is 21.1. The van der Waals surface area contributed by atoms with E-state index >= 15 is 0 Å². The lowest BCUT2D eigenvalue weighted by atomic mass is 10.1. The van der Waals surface area contributed by atoms with Crippen LogP contribution in [-0.4, -0.2) is 64.4 Å². The van der Waals surface area contributed by atoms with Crippen LogP contribution in [0.1, 0.15) is 33.6 Å². The lowest BCUT2D eigenvalue weighted by Gasteiger charge is -2.35. The average Bonchev–Trinajstić information content (AvgIpc) is 2.96. The summed E-state index contributed by atoms with van der Waals surface area (Å²) in [5.74, 6) is -0.291. The van der Waals surface area contributed by atoms with Crippen molar-refractivity contribution in [2.45, 2.75) is 45.7 Å². The molecule has 1 aliphatic heterocycles. The molecule has 3 rings (SSSR count). The molecule has 1 aliphatic rings. The summed E-state index contributed by atoms with van der Waals surface area (Å²) < 4.78 is 6.80. The minimum atomic E-state index is -0.388. The standard InChI is InChI=1S/C21H30N4O4/c1-21(2,3)22-18(26)15-23-11-13-24(14-12-23)19(27)9-6-10-25-16-7-4-5-8-17(16)29-20(25)28/h4-5,7-8H,6,9-15H2,1-3H3,(H,22,26). The van der Waals surface area contributed by atoms with E-state index in [0.717, 1.165) is 5.52 Å². The summed E-state index contributed by atoms with van der Waals surface area (Å²) in [5, 5.41) is 2.96. The van der Waals surface area contributed by atoms with Crippen LogP contribution < -0.4 is 11.1 Å². The van der Waals surface area contributed by atoms with E-state index in [0.29, 0.717) is 57.7 Å². The first-order valence-corrected chi connectivity index (χ1v) is 10.1. The molecule has 29 heavy (non-hydrogen) atoms. The first-order chi connectivity index (χ1) is 13.7. The Morgan fingerprint density at radius 1 is 1.10 bits per heavy atom. The third-order valence-corrected chi connectivity index (χ3v) is 4.95. The minimum Gasteiger partial charge on any atom is -0.408 e. The van der Waals surface area contributed by atoms with E-state index < -0.39 is 0 Å². The fourth-order valence-corrected chi connectivity index (χ4v) is 3.59. The Morgan fingerprint density at radius 2 is 1.79 bits per heavy atom. The molecule has 2 heterocycles. The van der Waals surface area contributed by atoms with Crippen molar-refractivity contribution in [3.05, 3.63) is 34.8 Å². The number of hydrogen-bond donors (Lipinski definition) is 1. The number of oxazole rings is 1. The van der Waals surface area contributed by atoms with Gasteiger partial charge in [-0.25, -0.2) is 4.79 Å². The number of benzene rings is 1. The largest absolute Gasteiger partial charge is 0.419 e. The van der Waals surface area contributed by atoms with Gasteiger partial charge in [-0.15, -0.1) is 0 Å². The molecule has 2 aromatic rings. The summed E-state index contributed by atoms with van der Waals surface area (Å²) in [6, 6.07) is 7.29. The van der Waals surface area contributed by atoms with Gasteiger partial charge in [-0.2, -0.15) is 0 Å². The van der Waals surface area contributed by atoms with E-state index in [2.05, 4.69) is 10.2 Å². The average molecular weight is 402 g/mol. The molecule has 0 radical (unpaired) electrons. The quantitative estimate of drug-likeness (QED) is 0.790.